The first-order valence-electron chi connectivity index (χ1n) is 7.92. The lowest BCUT2D eigenvalue weighted by Crippen LogP contribution is -2.13. The maximum Gasteiger partial charge on any atom is 0.257 e. The summed E-state index contributed by atoms with van der Waals surface area (Å²) in [7, 11) is 0. The normalized spacial score (nSPS) is 10.4. The number of anilines is 1. The molecule has 0 radical (unpaired) electrons. The van der Waals surface area contributed by atoms with Crippen LogP contribution in [-0.2, 0) is 6.61 Å². The monoisotopic (exact) mass is 354 g/mol. The second kappa shape index (κ2) is 7.74. The van der Waals surface area contributed by atoms with Gasteiger partial charge in [-0.15, -0.1) is 0 Å². The van der Waals surface area contributed by atoms with Crippen molar-refractivity contribution in [1.82, 2.24) is 4.98 Å². The van der Waals surface area contributed by atoms with E-state index in [2.05, 4.69) is 10.3 Å². The van der Waals surface area contributed by atoms with Crippen LogP contribution in [-0.4, -0.2) is 10.9 Å². The van der Waals surface area contributed by atoms with Crippen LogP contribution in [0.4, 0.5) is 14.5 Å². The van der Waals surface area contributed by atoms with Crippen LogP contribution in [0.2, 0.25) is 0 Å². The zero-order valence-corrected chi connectivity index (χ0v) is 14.0. The molecule has 0 aliphatic heterocycles. The Hall–Kier alpha value is -3.28. The van der Waals surface area contributed by atoms with E-state index in [9.17, 15) is 13.6 Å². The van der Waals surface area contributed by atoms with Crippen LogP contribution >= 0.6 is 0 Å². The molecular formula is C20H16F2N2O2. The van der Waals surface area contributed by atoms with Crippen molar-refractivity contribution in [3.05, 3.63) is 89.1 Å². The predicted octanol–water partition coefficient (Wildman–Crippen LogP) is 4.50. The molecule has 0 fully saturated rings. The van der Waals surface area contributed by atoms with Crippen LogP contribution in [0.25, 0.3) is 0 Å². The van der Waals surface area contributed by atoms with Crippen molar-refractivity contribution in [3.8, 4) is 5.88 Å². The first-order chi connectivity index (χ1) is 12.5. The number of pyridine rings is 1. The Morgan fingerprint density at radius 1 is 1.12 bits per heavy atom. The lowest BCUT2D eigenvalue weighted by atomic mass is 10.2. The molecule has 1 heterocycles. The number of hydrogen-bond donors (Lipinski definition) is 1. The number of aromatic nitrogens is 1. The van der Waals surface area contributed by atoms with Crippen LogP contribution in [0.15, 0.2) is 60.8 Å². The maximum absolute atomic E-state index is 13.8. The van der Waals surface area contributed by atoms with Gasteiger partial charge in [0.15, 0.2) is 0 Å². The summed E-state index contributed by atoms with van der Waals surface area (Å²) in [6.07, 6.45) is 1.34. The highest BCUT2D eigenvalue weighted by Crippen LogP contribution is 2.17. The van der Waals surface area contributed by atoms with Crippen molar-refractivity contribution in [1.29, 1.82) is 0 Å². The molecule has 0 saturated heterocycles. The number of rotatable bonds is 5. The molecule has 1 amide bonds. The summed E-state index contributed by atoms with van der Waals surface area (Å²) in [6.45, 7) is 1.92. The number of halogens is 2. The van der Waals surface area contributed by atoms with Crippen LogP contribution < -0.4 is 10.1 Å². The lowest BCUT2D eigenvalue weighted by Gasteiger charge is -2.08. The molecule has 0 saturated carbocycles. The van der Waals surface area contributed by atoms with Gasteiger partial charge in [0.2, 0.25) is 5.88 Å². The molecule has 1 aromatic heterocycles. The van der Waals surface area contributed by atoms with Gasteiger partial charge in [-0.2, -0.15) is 0 Å². The topological polar surface area (TPSA) is 51.2 Å². The number of ether oxygens (including phenoxy) is 1. The Kier molecular flexibility index (Phi) is 5.22. The third-order valence-electron chi connectivity index (χ3n) is 3.65. The molecule has 4 nitrogen and oxygen atoms in total. The zero-order chi connectivity index (χ0) is 18.5. The Bertz CT molecular complexity index is 927. The minimum absolute atomic E-state index is 0.104. The molecule has 1 N–H and O–H groups in total. The van der Waals surface area contributed by atoms with Crippen molar-refractivity contribution in [2.45, 2.75) is 13.5 Å². The summed E-state index contributed by atoms with van der Waals surface area (Å²) in [5.74, 6) is -1.01. The standard InChI is InChI=1S/C20H16F2N2O2/c1-13-5-7-18(17(22)9-13)24-20(25)15-6-8-19(23-11-15)26-12-14-3-2-4-16(21)10-14/h2-11H,12H2,1H3,(H,24,25). The van der Waals surface area contributed by atoms with Crippen LogP contribution in [0.1, 0.15) is 21.5 Å². The number of carbonyl (C=O) groups is 1. The van der Waals surface area contributed by atoms with E-state index in [-0.39, 0.29) is 23.7 Å². The van der Waals surface area contributed by atoms with Gasteiger partial charge in [0.05, 0.1) is 11.3 Å². The third-order valence-corrected chi connectivity index (χ3v) is 3.65. The second-order valence-electron chi connectivity index (χ2n) is 5.74. The molecule has 0 atom stereocenters. The number of amides is 1. The van der Waals surface area contributed by atoms with Crippen molar-refractivity contribution in [2.24, 2.45) is 0 Å². The van der Waals surface area contributed by atoms with Gasteiger partial charge in [-0.1, -0.05) is 18.2 Å². The lowest BCUT2D eigenvalue weighted by molar-refractivity contribution is 0.102. The number of carbonyl (C=O) groups excluding carboxylic acids is 1. The first kappa shape index (κ1) is 17.5. The van der Waals surface area contributed by atoms with E-state index in [0.29, 0.717) is 11.4 Å². The predicted molar refractivity (Wildman–Crippen MR) is 94.1 cm³/mol. The summed E-state index contributed by atoms with van der Waals surface area (Å²) >= 11 is 0. The molecule has 3 aromatic rings. The van der Waals surface area contributed by atoms with E-state index in [1.165, 1.54) is 42.6 Å². The van der Waals surface area contributed by atoms with Gasteiger partial charge in [-0.05, 0) is 48.4 Å². The van der Waals surface area contributed by atoms with Gasteiger partial charge in [0, 0.05) is 12.3 Å². The van der Waals surface area contributed by atoms with E-state index < -0.39 is 11.7 Å². The quantitative estimate of drug-likeness (QED) is 0.734. The molecule has 0 aliphatic rings. The fourth-order valence-electron chi connectivity index (χ4n) is 2.30. The Morgan fingerprint density at radius 2 is 1.96 bits per heavy atom. The summed E-state index contributed by atoms with van der Waals surface area (Å²) in [4.78, 5) is 16.2. The third kappa shape index (κ3) is 4.42. The zero-order valence-electron chi connectivity index (χ0n) is 14.0. The van der Waals surface area contributed by atoms with Gasteiger partial charge in [-0.25, -0.2) is 13.8 Å². The Balaban J connectivity index is 1.62. The molecule has 26 heavy (non-hydrogen) atoms. The number of aryl methyl sites for hydroxylation is 1. The van der Waals surface area contributed by atoms with Gasteiger partial charge in [0.1, 0.15) is 18.2 Å². The summed E-state index contributed by atoms with van der Waals surface area (Å²) < 4.78 is 32.4. The second-order valence-corrected chi connectivity index (χ2v) is 5.74. The average Bonchev–Trinajstić information content (AvgIpc) is 2.63. The summed E-state index contributed by atoms with van der Waals surface area (Å²) in [5, 5.41) is 2.50. The number of nitrogens with one attached hydrogen (secondary N) is 1. The smallest absolute Gasteiger partial charge is 0.257 e. The van der Waals surface area contributed by atoms with E-state index in [1.807, 2.05) is 0 Å². The van der Waals surface area contributed by atoms with E-state index >= 15 is 0 Å². The van der Waals surface area contributed by atoms with E-state index in [4.69, 9.17) is 4.74 Å². The summed E-state index contributed by atoms with van der Waals surface area (Å²) in [6, 6.07) is 13.7. The van der Waals surface area contributed by atoms with Gasteiger partial charge in [0.25, 0.3) is 5.91 Å². The molecule has 132 valence electrons. The minimum Gasteiger partial charge on any atom is -0.473 e. The van der Waals surface area contributed by atoms with Gasteiger partial charge in [-0.3, -0.25) is 4.79 Å². The number of benzene rings is 2. The van der Waals surface area contributed by atoms with Crippen LogP contribution in [0.5, 0.6) is 5.88 Å². The number of hydrogen-bond acceptors (Lipinski definition) is 3. The molecular weight excluding hydrogens is 338 g/mol. The highest BCUT2D eigenvalue weighted by Gasteiger charge is 2.10. The fourth-order valence-corrected chi connectivity index (χ4v) is 2.30. The SMILES string of the molecule is Cc1ccc(NC(=O)c2ccc(OCc3cccc(F)c3)nc2)c(F)c1. The highest BCUT2D eigenvalue weighted by molar-refractivity contribution is 6.04. The minimum atomic E-state index is -0.499. The van der Waals surface area contributed by atoms with E-state index in [1.54, 1.807) is 25.1 Å². The number of nitrogens with zero attached hydrogens (tertiary/aromatic N) is 1. The molecule has 0 bridgehead atoms. The van der Waals surface area contributed by atoms with Gasteiger partial charge >= 0.3 is 0 Å². The van der Waals surface area contributed by atoms with Crippen molar-refractivity contribution < 1.29 is 18.3 Å². The molecule has 0 aliphatic carbocycles. The molecule has 6 heteroatoms. The van der Waals surface area contributed by atoms with Crippen LogP contribution in [0.3, 0.4) is 0 Å². The molecule has 0 unspecified atom stereocenters. The maximum atomic E-state index is 13.8. The van der Waals surface area contributed by atoms with Crippen LogP contribution in [0, 0.1) is 18.6 Å². The largest absolute Gasteiger partial charge is 0.473 e. The average molecular weight is 354 g/mol. The molecule has 0 spiro atoms. The van der Waals surface area contributed by atoms with Crippen molar-refractivity contribution >= 4 is 11.6 Å². The van der Waals surface area contributed by atoms with E-state index in [0.717, 1.165) is 5.56 Å². The van der Waals surface area contributed by atoms with Gasteiger partial charge < -0.3 is 10.1 Å². The Morgan fingerprint density at radius 3 is 2.65 bits per heavy atom. The van der Waals surface area contributed by atoms with Crippen molar-refractivity contribution in [3.63, 3.8) is 0 Å². The Labute approximate surface area is 149 Å². The van der Waals surface area contributed by atoms with Crippen molar-refractivity contribution in [2.75, 3.05) is 5.32 Å². The fraction of sp³-hybridized carbons (Fsp3) is 0.100. The summed E-state index contributed by atoms with van der Waals surface area (Å²) in [5.41, 5.74) is 1.81. The molecule has 3 rings (SSSR count). The first-order valence-corrected chi connectivity index (χ1v) is 7.92. The highest BCUT2D eigenvalue weighted by atomic mass is 19.1. The molecule has 2 aromatic carbocycles.